The molecule has 2 N–H and O–H groups in total. The van der Waals surface area contributed by atoms with Gasteiger partial charge in [-0.1, -0.05) is 24.3 Å². The molecular weight excluding hydrogens is 322 g/mol. The van der Waals surface area contributed by atoms with Crippen LogP contribution in [0.1, 0.15) is 17.5 Å². The van der Waals surface area contributed by atoms with Crippen LogP contribution >= 0.6 is 0 Å². The fraction of sp³-hybridized carbons (Fsp3) is 0.333. The standard InChI is InChI=1S/C21H21N5/c22-10-15-5-7-16(8-6-15)11-26-19-4-2-1-3-18(19)24-20(26)25-12-17-9-21(17,13-23)14-25/h1-8,17H,9,11-14,23H2/t17-,21-/m1/s1. The maximum atomic E-state index is 9.01. The number of nitrogens with two attached hydrogens (primary N) is 1. The fourth-order valence-corrected chi connectivity index (χ4v) is 4.39. The Labute approximate surface area is 152 Å². The van der Waals surface area contributed by atoms with Crippen LogP contribution in [0.15, 0.2) is 48.5 Å². The van der Waals surface area contributed by atoms with E-state index in [1.807, 2.05) is 30.3 Å². The zero-order valence-corrected chi connectivity index (χ0v) is 14.6. The molecule has 5 rings (SSSR count). The molecule has 1 saturated heterocycles. The number of hydrogen-bond acceptors (Lipinski definition) is 4. The summed E-state index contributed by atoms with van der Waals surface area (Å²) in [5.74, 6) is 1.76. The molecule has 3 aromatic rings. The highest BCUT2D eigenvalue weighted by atomic mass is 15.3. The average molecular weight is 343 g/mol. The quantitative estimate of drug-likeness (QED) is 0.791. The number of piperidine rings is 1. The van der Waals surface area contributed by atoms with Crippen LogP contribution in [-0.2, 0) is 6.54 Å². The van der Waals surface area contributed by atoms with Crippen molar-refractivity contribution in [3.63, 3.8) is 0 Å². The van der Waals surface area contributed by atoms with Crippen molar-refractivity contribution in [1.29, 1.82) is 5.26 Å². The molecule has 0 amide bonds. The molecular formula is C21H21N5. The second-order valence-electron chi connectivity index (χ2n) is 7.64. The summed E-state index contributed by atoms with van der Waals surface area (Å²) in [5.41, 5.74) is 10.4. The van der Waals surface area contributed by atoms with E-state index in [1.54, 1.807) is 0 Å². The largest absolute Gasteiger partial charge is 0.341 e. The molecule has 1 saturated carbocycles. The maximum absolute atomic E-state index is 9.01. The second-order valence-corrected chi connectivity index (χ2v) is 7.64. The average Bonchev–Trinajstić information content (AvgIpc) is 3.07. The monoisotopic (exact) mass is 343 g/mol. The van der Waals surface area contributed by atoms with Gasteiger partial charge in [-0.15, -0.1) is 0 Å². The molecule has 0 unspecified atom stereocenters. The topological polar surface area (TPSA) is 70.9 Å². The molecule has 1 aliphatic heterocycles. The van der Waals surface area contributed by atoms with Gasteiger partial charge < -0.3 is 15.2 Å². The summed E-state index contributed by atoms with van der Waals surface area (Å²) >= 11 is 0. The van der Waals surface area contributed by atoms with Gasteiger partial charge in [0.1, 0.15) is 0 Å². The Kier molecular flexibility index (Phi) is 3.31. The van der Waals surface area contributed by atoms with Crippen molar-refractivity contribution in [2.24, 2.45) is 17.1 Å². The number of para-hydroxylation sites is 2. The van der Waals surface area contributed by atoms with Crippen LogP contribution in [0, 0.1) is 22.7 Å². The number of anilines is 1. The summed E-state index contributed by atoms with van der Waals surface area (Å²) in [6.07, 6.45) is 1.26. The Morgan fingerprint density at radius 3 is 2.73 bits per heavy atom. The van der Waals surface area contributed by atoms with Gasteiger partial charge in [0.05, 0.1) is 29.2 Å². The molecule has 5 heteroatoms. The molecule has 0 radical (unpaired) electrons. The van der Waals surface area contributed by atoms with E-state index in [2.05, 4.69) is 33.7 Å². The first-order valence-corrected chi connectivity index (χ1v) is 9.12. The Hall–Kier alpha value is -2.84. The molecule has 2 fully saturated rings. The number of fused-ring (bicyclic) bond motifs is 2. The highest BCUT2D eigenvalue weighted by Gasteiger charge is 2.59. The second kappa shape index (κ2) is 5.58. The SMILES string of the molecule is N#Cc1ccc(Cn2c(N3C[C@H]4C[C@@]4(CN)C3)nc3ccccc32)cc1. The molecule has 0 spiro atoms. The fourth-order valence-electron chi connectivity index (χ4n) is 4.39. The van der Waals surface area contributed by atoms with Gasteiger partial charge in [0.15, 0.2) is 0 Å². The summed E-state index contributed by atoms with van der Waals surface area (Å²) in [7, 11) is 0. The third-order valence-corrected chi connectivity index (χ3v) is 6.05. The summed E-state index contributed by atoms with van der Waals surface area (Å²) in [6.45, 7) is 3.57. The number of nitriles is 1. The lowest BCUT2D eigenvalue weighted by atomic mass is 10.1. The Balaban J connectivity index is 1.54. The van der Waals surface area contributed by atoms with E-state index in [-0.39, 0.29) is 0 Å². The van der Waals surface area contributed by atoms with Gasteiger partial charge in [-0.05, 0) is 48.7 Å². The third kappa shape index (κ3) is 2.30. The number of benzene rings is 2. The van der Waals surface area contributed by atoms with Crippen molar-refractivity contribution in [1.82, 2.24) is 9.55 Å². The lowest BCUT2D eigenvalue weighted by Gasteiger charge is -2.23. The number of rotatable bonds is 4. The van der Waals surface area contributed by atoms with Crippen molar-refractivity contribution >= 4 is 17.0 Å². The van der Waals surface area contributed by atoms with Gasteiger partial charge in [-0.25, -0.2) is 4.98 Å². The normalized spacial score (nSPS) is 23.8. The van der Waals surface area contributed by atoms with Crippen molar-refractivity contribution in [3.8, 4) is 6.07 Å². The van der Waals surface area contributed by atoms with E-state index in [9.17, 15) is 0 Å². The lowest BCUT2D eigenvalue weighted by molar-refractivity contribution is 0.540. The maximum Gasteiger partial charge on any atom is 0.206 e. The van der Waals surface area contributed by atoms with E-state index in [4.69, 9.17) is 16.0 Å². The van der Waals surface area contributed by atoms with E-state index < -0.39 is 0 Å². The van der Waals surface area contributed by atoms with Gasteiger partial charge in [0, 0.05) is 18.5 Å². The van der Waals surface area contributed by atoms with Crippen LogP contribution in [0.4, 0.5) is 5.95 Å². The number of nitrogens with zero attached hydrogens (tertiary/aromatic N) is 4. The lowest BCUT2D eigenvalue weighted by Crippen LogP contribution is -2.30. The number of hydrogen-bond donors (Lipinski definition) is 1. The van der Waals surface area contributed by atoms with E-state index >= 15 is 0 Å². The molecule has 130 valence electrons. The first-order chi connectivity index (χ1) is 12.7. The summed E-state index contributed by atoms with van der Waals surface area (Å²) in [5, 5.41) is 9.01. The van der Waals surface area contributed by atoms with Gasteiger partial charge in [-0.3, -0.25) is 0 Å². The van der Waals surface area contributed by atoms with Gasteiger partial charge >= 0.3 is 0 Å². The molecule has 2 aliphatic rings. The number of aromatic nitrogens is 2. The molecule has 1 aromatic heterocycles. The zero-order chi connectivity index (χ0) is 17.7. The smallest absolute Gasteiger partial charge is 0.206 e. The molecule has 2 heterocycles. The molecule has 1 aliphatic carbocycles. The minimum absolute atomic E-state index is 0.317. The molecule has 26 heavy (non-hydrogen) atoms. The van der Waals surface area contributed by atoms with Crippen molar-refractivity contribution in [3.05, 3.63) is 59.7 Å². The van der Waals surface area contributed by atoms with Crippen LogP contribution in [0.2, 0.25) is 0 Å². The first-order valence-electron chi connectivity index (χ1n) is 9.12. The predicted octanol–water partition coefficient (Wildman–Crippen LogP) is 2.74. The van der Waals surface area contributed by atoms with Crippen LogP contribution in [0.3, 0.4) is 0 Å². The van der Waals surface area contributed by atoms with Crippen molar-refractivity contribution in [2.45, 2.75) is 13.0 Å². The predicted molar refractivity (Wildman–Crippen MR) is 102 cm³/mol. The van der Waals surface area contributed by atoms with Crippen LogP contribution in [-0.4, -0.2) is 29.2 Å². The summed E-state index contributed by atoms with van der Waals surface area (Å²) in [6, 6.07) is 18.3. The Morgan fingerprint density at radius 1 is 1.19 bits per heavy atom. The van der Waals surface area contributed by atoms with Crippen molar-refractivity contribution < 1.29 is 0 Å². The van der Waals surface area contributed by atoms with Crippen molar-refractivity contribution in [2.75, 3.05) is 24.5 Å². The highest BCUT2D eigenvalue weighted by molar-refractivity contribution is 5.79. The molecule has 0 bridgehead atoms. The minimum Gasteiger partial charge on any atom is -0.341 e. The summed E-state index contributed by atoms with van der Waals surface area (Å²) < 4.78 is 2.30. The van der Waals surface area contributed by atoms with Gasteiger partial charge in [0.2, 0.25) is 5.95 Å². The van der Waals surface area contributed by atoms with Gasteiger partial charge in [0.25, 0.3) is 0 Å². The first kappa shape index (κ1) is 15.4. The summed E-state index contributed by atoms with van der Waals surface area (Å²) in [4.78, 5) is 7.35. The highest BCUT2D eigenvalue weighted by Crippen LogP contribution is 2.57. The van der Waals surface area contributed by atoms with E-state index in [1.165, 1.54) is 12.0 Å². The van der Waals surface area contributed by atoms with Gasteiger partial charge in [-0.2, -0.15) is 5.26 Å². The van der Waals surface area contributed by atoms with E-state index in [0.29, 0.717) is 11.0 Å². The van der Waals surface area contributed by atoms with E-state index in [0.717, 1.165) is 49.1 Å². The van der Waals surface area contributed by atoms with Crippen LogP contribution < -0.4 is 10.6 Å². The zero-order valence-electron chi connectivity index (χ0n) is 14.6. The molecule has 2 atom stereocenters. The number of imidazole rings is 1. The van der Waals surface area contributed by atoms with Crippen LogP contribution in [0.25, 0.3) is 11.0 Å². The Morgan fingerprint density at radius 2 is 2.00 bits per heavy atom. The third-order valence-electron chi connectivity index (χ3n) is 6.05. The van der Waals surface area contributed by atoms with Crippen LogP contribution in [0.5, 0.6) is 0 Å². The minimum atomic E-state index is 0.317. The molecule has 5 nitrogen and oxygen atoms in total. The molecule has 2 aromatic carbocycles. The Bertz CT molecular complexity index is 1010.